The van der Waals surface area contributed by atoms with Crippen LogP contribution in [0.2, 0.25) is 0 Å². The zero-order valence-electron chi connectivity index (χ0n) is 12.4. The molecular weight excluding hydrogens is 306 g/mol. The van der Waals surface area contributed by atoms with E-state index in [0.29, 0.717) is 12.3 Å². The van der Waals surface area contributed by atoms with E-state index in [4.69, 9.17) is 0 Å². The molecule has 0 aliphatic carbocycles. The van der Waals surface area contributed by atoms with Crippen molar-refractivity contribution in [2.45, 2.75) is 42.4 Å². The maximum atomic E-state index is 10.0. The van der Waals surface area contributed by atoms with Crippen molar-refractivity contribution in [3.8, 4) is 0 Å². The Bertz CT molecular complexity index is 472. The maximum absolute atomic E-state index is 10.0. The van der Waals surface area contributed by atoms with Gasteiger partial charge in [-0.2, -0.15) is 0 Å². The smallest absolute Gasteiger partial charge is 0.136 e. The Morgan fingerprint density at radius 3 is 2.23 bits per heavy atom. The van der Waals surface area contributed by atoms with E-state index in [2.05, 4.69) is 0 Å². The van der Waals surface area contributed by atoms with Crippen molar-refractivity contribution in [1.29, 1.82) is 0 Å². The van der Waals surface area contributed by atoms with Crippen LogP contribution in [0, 0.1) is 6.92 Å². The standard InChI is InChI=1S/C15H23NO5S/c1-9-2-4-10(5-3-9)22-7-6-16-11(8-17)12(18)13(19)14(20)15(16)21/h2-5,11-15,17-21H,6-8H2,1H3/t11-,12-,13+,14-,15?/m1/s1. The molecule has 124 valence electrons. The lowest BCUT2D eigenvalue weighted by Gasteiger charge is -2.46. The summed E-state index contributed by atoms with van der Waals surface area (Å²) in [6.45, 7) is 1.97. The van der Waals surface area contributed by atoms with Crippen LogP contribution in [0.1, 0.15) is 5.56 Å². The fourth-order valence-corrected chi connectivity index (χ4v) is 3.48. The van der Waals surface area contributed by atoms with Crippen LogP contribution in [-0.2, 0) is 0 Å². The Hall–Kier alpha value is -0.670. The summed E-state index contributed by atoms with van der Waals surface area (Å²) in [7, 11) is 0. The van der Waals surface area contributed by atoms with Crippen molar-refractivity contribution in [2.75, 3.05) is 18.9 Å². The highest BCUT2D eigenvalue weighted by Crippen LogP contribution is 2.25. The van der Waals surface area contributed by atoms with Crippen molar-refractivity contribution < 1.29 is 25.5 Å². The second-order valence-corrected chi connectivity index (χ2v) is 6.70. The summed E-state index contributed by atoms with van der Waals surface area (Å²) in [5, 5.41) is 48.8. The molecule has 6 nitrogen and oxygen atoms in total. The van der Waals surface area contributed by atoms with E-state index >= 15 is 0 Å². The molecule has 1 heterocycles. The Balaban J connectivity index is 1.95. The average molecular weight is 329 g/mol. The highest BCUT2D eigenvalue weighted by Gasteiger charge is 2.46. The first-order valence-electron chi connectivity index (χ1n) is 7.24. The summed E-state index contributed by atoms with van der Waals surface area (Å²) in [6.07, 6.45) is -5.53. The third-order valence-corrected chi connectivity index (χ3v) is 4.98. The number of aliphatic hydroxyl groups excluding tert-OH is 5. The van der Waals surface area contributed by atoms with E-state index < -0.39 is 37.2 Å². The molecule has 1 aliphatic heterocycles. The number of aryl methyl sites for hydroxylation is 1. The van der Waals surface area contributed by atoms with Crippen LogP contribution < -0.4 is 0 Å². The second-order valence-electron chi connectivity index (χ2n) is 5.53. The summed E-state index contributed by atoms with van der Waals surface area (Å²) in [6, 6.07) is 7.23. The van der Waals surface area contributed by atoms with E-state index in [1.165, 1.54) is 10.5 Å². The van der Waals surface area contributed by atoms with E-state index in [1.807, 2.05) is 31.2 Å². The Morgan fingerprint density at radius 2 is 1.64 bits per heavy atom. The number of aliphatic hydroxyl groups is 5. The number of hydrogen-bond acceptors (Lipinski definition) is 7. The Labute approximate surface area is 134 Å². The minimum Gasteiger partial charge on any atom is -0.395 e. The number of hydrogen-bond donors (Lipinski definition) is 5. The fourth-order valence-electron chi connectivity index (χ4n) is 2.61. The predicted octanol–water partition coefficient (Wildman–Crippen LogP) is -0.835. The minimum absolute atomic E-state index is 0.367. The molecule has 0 aromatic heterocycles. The van der Waals surface area contributed by atoms with E-state index in [1.54, 1.807) is 11.8 Å². The molecule has 0 radical (unpaired) electrons. The molecule has 1 saturated heterocycles. The lowest BCUT2D eigenvalue weighted by molar-refractivity contribution is -0.221. The van der Waals surface area contributed by atoms with Crippen LogP contribution in [-0.4, -0.2) is 79.9 Å². The number of likely N-dealkylation sites (tertiary alicyclic amines) is 1. The van der Waals surface area contributed by atoms with Gasteiger partial charge in [0.25, 0.3) is 0 Å². The van der Waals surface area contributed by atoms with Crippen LogP contribution in [0.3, 0.4) is 0 Å². The third-order valence-electron chi connectivity index (χ3n) is 3.99. The van der Waals surface area contributed by atoms with Crippen molar-refractivity contribution in [3.05, 3.63) is 29.8 Å². The van der Waals surface area contributed by atoms with Gasteiger partial charge in [0.05, 0.1) is 12.6 Å². The maximum Gasteiger partial charge on any atom is 0.136 e. The SMILES string of the molecule is Cc1ccc(SCCN2C(O)[C@H](O)[C@@H](O)[C@H](O)[C@H]2CO)cc1. The number of nitrogens with zero attached hydrogens (tertiary/aromatic N) is 1. The zero-order valence-corrected chi connectivity index (χ0v) is 13.2. The molecule has 0 spiro atoms. The van der Waals surface area contributed by atoms with Gasteiger partial charge in [-0.15, -0.1) is 11.8 Å². The molecule has 1 aliphatic rings. The normalized spacial score (nSPS) is 33.1. The first-order chi connectivity index (χ1) is 10.5. The third kappa shape index (κ3) is 3.80. The van der Waals surface area contributed by atoms with Gasteiger partial charge in [-0.3, -0.25) is 4.90 Å². The fraction of sp³-hybridized carbons (Fsp3) is 0.600. The molecule has 1 fully saturated rings. The number of rotatable bonds is 5. The topological polar surface area (TPSA) is 104 Å². The largest absolute Gasteiger partial charge is 0.395 e. The zero-order chi connectivity index (χ0) is 16.3. The number of benzene rings is 1. The van der Waals surface area contributed by atoms with Gasteiger partial charge in [0.1, 0.15) is 24.5 Å². The number of piperidine rings is 1. The molecule has 2 rings (SSSR count). The van der Waals surface area contributed by atoms with Gasteiger partial charge in [0.15, 0.2) is 0 Å². The summed E-state index contributed by atoms with van der Waals surface area (Å²) in [4.78, 5) is 2.52. The number of thioether (sulfide) groups is 1. The van der Waals surface area contributed by atoms with Crippen LogP contribution in [0.5, 0.6) is 0 Å². The van der Waals surface area contributed by atoms with Crippen molar-refractivity contribution in [2.24, 2.45) is 0 Å². The second kappa shape index (κ2) is 7.74. The summed E-state index contributed by atoms with van der Waals surface area (Å²) in [5.41, 5.74) is 1.18. The van der Waals surface area contributed by atoms with E-state index in [9.17, 15) is 25.5 Å². The van der Waals surface area contributed by atoms with Crippen molar-refractivity contribution in [1.82, 2.24) is 4.90 Å². The van der Waals surface area contributed by atoms with Gasteiger partial charge in [-0.1, -0.05) is 17.7 Å². The van der Waals surface area contributed by atoms with Crippen molar-refractivity contribution in [3.63, 3.8) is 0 Å². The average Bonchev–Trinajstić information content (AvgIpc) is 2.52. The van der Waals surface area contributed by atoms with Crippen LogP contribution in [0.4, 0.5) is 0 Å². The summed E-state index contributed by atoms with van der Waals surface area (Å²) >= 11 is 1.58. The van der Waals surface area contributed by atoms with Gasteiger partial charge < -0.3 is 25.5 Å². The molecule has 1 aromatic carbocycles. The molecular formula is C15H23NO5S. The molecule has 1 unspecified atom stereocenters. The van der Waals surface area contributed by atoms with Crippen LogP contribution in [0.15, 0.2) is 29.2 Å². The molecule has 7 heteroatoms. The molecule has 5 N–H and O–H groups in total. The molecule has 0 saturated carbocycles. The van der Waals surface area contributed by atoms with E-state index in [-0.39, 0.29) is 0 Å². The lowest BCUT2D eigenvalue weighted by Crippen LogP contribution is -2.67. The van der Waals surface area contributed by atoms with Gasteiger partial charge in [0, 0.05) is 17.2 Å². The first-order valence-corrected chi connectivity index (χ1v) is 8.22. The van der Waals surface area contributed by atoms with Gasteiger partial charge in [0.2, 0.25) is 0 Å². The monoisotopic (exact) mass is 329 g/mol. The highest BCUT2D eigenvalue weighted by atomic mass is 32.2. The summed E-state index contributed by atoms with van der Waals surface area (Å²) < 4.78 is 0. The molecule has 5 atom stereocenters. The van der Waals surface area contributed by atoms with E-state index in [0.717, 1.165) is 4.90 Å². The highest BCUT2D eigenvalue weighted by molar-refractivity contribution is 7.99. The minimum atomic E-state index is -1.46. The quantitative estimate of drug-likeness (QED) is 0.449. The molecule has 0 amide bonds. The van der Waals surface area contributed by atoms with Gasteiger partial charge in [-0.05, 0) is 19.1 Å². The molecule has 22 heavy (non-hydrogen) atoms. The Morgan fingerprint density at radius 1 is 1.00 bits per heavy atom. The molecule has 0 bridgehead atoms. The van der Waals surface area contributed by atoms with Crippen molar-refractivity contribution >= 4 is 11.8 Å². The van der Waals surface area contributed by atoms with Gasteiger partial charge >= 0.3 is 0 Å². The predicted molar refractivity (Wildman–Crippen MR) is 83.5 cm³/mol. The Kier molecular flexibility index (Phi) is 6.22. The first kappa shape index (κ1) is 17.7. The summed E-state index contributed by atoms with van der Waals surface area (Å²) in [5.74, 6) is 0.617. The van der Waals surface area contributed by atoms with Crippen LogP contribution >= 0.6 is 11.8 Å². The van der Waals surface area contributed by atoms with Crippen LogP contribution in [0.25, 0.3) is 0 Å². The van der Waals surface area contributed by atoms with Gasteiger partial charge in [-0.25, -0.2) is 0 Å². The molecule has 1 aromatic rings. The lowest BCUT2D eigenvalue weighted by atomic mass is 9.93.